The molecule has 5 nitrogen and oxygen atoms in total. The topological polar surface area (TPSA) is 54.6 Å². The average Bonchev–Trinajstić information content (AvgIpc) is 2.64. The van der Waals surface area contributed by atoms with Crippen molar-refractivity contribution in [1.29, 1.82) is 0 Å². The Morgan fingerprint density at radius 3 is 2.89 bits per heavy atom. The molecule has 1 aliphatic rings. The second-order valence-corrected chi connectivity index (χ2v) is 5.76. The second-order valence-electron chi connectivity index (χ2n) is 5.01. The van der Waals surface area contributed by atoms with Gasteiger partial charge in [0.1, 0.15) is 0 Å². The van der Waals surface area contributed by atoms with E-state index in [1.54, 1.807) is 0 Å². The van der Waals surface area contributed by atoms with Crippen LogP contribution in [0.15, 0.2) is 0 Å². The van der Waals surface area contributed by atoms with Crippen molar-refractivity contribution in [1.82, 2.24) is 9.27 Å². The molecule has 0 radical (unpaired) electrons. The fourth-order valence-corrected chi connectivity index (χ4v) is 3.47. The molecular weight excluding hydrogens is 260 g/mol. The number of aromatic nitrogens is 1. The van der Waals surface area contributed by atoms with Crippen LogP contribution in [0.2, 0.25) is 0 Å². The minimum atomic E-state index is 0.506. The Morgan fingerprint density at radius 1 is 1.42 bits per heavy atom. The molecular formula is C13H24N4OS. The average molecular weight is 284 g/mol. The molecule has 2 heterocycles. The van der Waals surface area contributed by atoms with E-state index in [2.05, 4.69) is 28.1 Å². The first kappa shape index (κ1) is 14.4. The lowest BCUT2D eigenvalue weighted by Crippen LogP contribution is -2.39. The summed E-state index contributed by atoms with van der Waals surface area (Å²) in [5.41, 5.74) is 5.92. The smallest absolute Gasteiger partial charge is 0.197 e. The van der Waals surface area contributed by atoms with Crippen LogP contribution in [0.1, 0.15) is 26.7 Å². The number of nitrogens with two attached hydrogens (primary N) is 1. The van der Waals surface area contributed by atoms with Gasteiger partial charge < -0.3 is 20.3 Å². The highest BCUT2D eigenvalue weighted by atomic mass is 32.1. The monoisotopic (exact) mass is 284 g/mol. The van der Waals surface area contributed by atoms with Gasteiger partial charge >= 0.3 is 0 Å². The predicted octanol–water partition coefficient (Wildman–Crippen LogP) is 2.04. The molecule has 1 saturated heterocycles. The van der Waals surface area contributed by atoms with Crippen molar-refractivity contribution in [2.45, 2.75) is 32.7 Å². The number of rotatable bonds is 4. The first-order valence-electron chi connectivity index (χ1n) is 7.00. The van der Waals surface area contributed by atoms with Gasteiger partial charge in [0.05, 0.1) is 6.61 Å². The van der Waals surface area contributed by atoms with Crippen LogP contribution in [0.3, 0.4) is 0 Å². The number of likely N-dealkylation sites (N-methyl/N-ethyl adjacent to an activating group) is 1. The quantitative estimate of drug-likeness (QED) is 0.917. The van der Waals surface area contributed by atoms with Crippen LogP contribution in [0.25, 0.3) is 0 Å². The van der Waals surface area contributed by atoms with Crippen LogP contribution in [-0.2, 0) is 0 Å². The summed E-state index contributed by atoms with van der Waals surface area (Å²) in [6.07, 6.45) is 2.28. The van der Waals surface area contributed by atoms with Crippen molar-refractivity contribution >= 4 is 22.4 Å². The van der Waals surface area contributed by atoms with Crippen LogP contribution < -0.4 is 15.4 Å². The van der Waals surface area contributed by atoms with E-state index in [4.69, 9.17) is 10.5 Å². The Morgan fingerprint density at radius 2 is 2.21 bits per heavy atom. The molecule has 1 atom stereocenters. The Labute approximate surface area is 119 Å². The van der Waals surface area contributed by atoms with Gasteiger partial charge in [-0.25, -0.2) is 0 Å². The highest BCUT2D eigenvalue weighted by molar-refractivity contribution is 7.11. The summed E-state index contributed by atoms with van der Waals surface area (Å²) >= 11 is 1.46. The van der Waals surface area contributed by atoms with Crippen LogP contribution in [0.4, 0.5) is 10.8 Å². The molecule has 1 fully saturated rings. The molecule has 0 spiro atoms. The summed E-state index contributed by atoms with van der Waals surface area (Å²) in [5.74, 6) is 1.30. The van der Waals surface area contributed by atoms with Gasteiger partial charge in [-0.2, -0.15) is 4.37 Å². The van der Waals surface area contributed by atoms with Gasteiger partial charge in [0.2, 0.25) is 0 Å². The van der Waals surface area contributed by atoms with E-state index in [-0.39, 0.29) is 0 Å². The maximum Gasteiger partial charge on any atom is 0.197 e. The third kappa shape index (κ3) is 3.12. The molecule has 108 valence electrons. The lowest BCUT2D eigenvalue weighted by atomic mass is 10.2. The van der Waals surface area contributed by atoms with Gasteiger partial charge in [-0.05, 0) is 44.9 Å². The highest BCUT2D eigenvalue weighted by Crippen LogP contribution is 2.40. The summed E-state index contributed by atoms with van der Waals surface area (Å²) < 4.78 is 9.96. The molecule has 0 bridgehead atoms. The number of anilines is 2. The van der Waals surface area contributed by atoms with Crippen LogP contribution in [-0.4, -0.2) is 48.6 Å². The summed E-state index contributed by atoms with van der Waals surface area (Å²) in [6, 6.07) is 0.506. The Bertz CT molecular complexity index is 409. The van der Waals surface area contributed by atoms with Gasteiger partial charge in [0.15, 0.2) is 16.6 Å². The summed E-state index contributed by atoms with van der Waals surface area (Å²) in [6.45, 7) is 8.12. The molecule has 0 aromatic carbocycles. The summed E-state index contributed by atoms with van der Waals surface area (Å²) in [5, 5.41) is 1.10. The van der Waals surface area contributed by atoms with E-state index in [1.165, 1.54) is 11.5 Å². The molecule has 19 heavy (non-hydrogen) atoms. The van der Waals surface area contributed by atoms with Crippen molar-refractivity contribution in [3.8, 4) is 5.75 Å². The molecule has 2 N–H and O–H groups in total. The predicted molar refractivity (Wildman–Crippen MR) is 81.2 cm³/mol. The van der Waals surface area contributed by atoms with E-state index in [1.807, 2.05) is 6.92 Å². The Kier molecular flexibility index (Phi) is 4.87. The standard InChI is InChI=1S/C13H24N4OS/c1-4-10-9-16(3)7-6-8-17(10)13-11(18-5-2)12(14)15-19-13/h10H,4-9H2,1-3H3,(H2,14,15). The zero-order valence-corrected chi connectivity index (χ0v) is 12.9. The number of ether oxygens (including phenoxy) is 1. The maximum atomic E-state index is 5.92. The minimum Gasteiger partial charge on any atom is -0.487 e. The summed E-state index contributed by atoms with van der Waals surface area (Å²) in [4.78, 5) is 4.83. The fourth-order valence-electron chi connectivity index (χ4n) is 2.61. The third-order valence-electron chi connectivity index (χ3n) is 3.58. The Hall–Kier alpha value is -1.01. The van der Waals surface area contributed by atoms with E-state index >= 15 is 0 Å². The van der Waals surface area contributed by atoms with Crippen molar-refractivity contribution in [2.24, 2.45) is 0 Å². The van der Waals surface area contributed by atoms with Crippen molar-refractivity contribution < 1.29 is 4.74 Å². The Balaban J connectivity index is 2.27. The van der Waals surface area contributed by atoms with E-state index < -0.39 is 0 Å². The molecule has 0 amide bonds. The number of hydrogen-bond donors (Lipinski definition) is 1. The highest BCUT2D eigenvalue weighted by Gasteiger charge is 2.27. The number of hydrogen-bond acceptors (Lipinski definition) is 6. The van der Waals surface area contributed by atoms with Gasteiger partial charge in [-0.15, -0.1) is 0 Å². The zero-order valence-electron chi connectivity index (χ0n) is 12.1. The van der Waals surface area contributed by atoms with Gasteiger partial charge in [0.25, 0.3) is 0 Å². The first-order chi connectivity index (χ1) is 9.17. The molecule has 1 aliphatic heterocycles. The van der Waals surface area contributed by atoms with E-state index in [0.29, 0.717) is 18.5 Å². The lowest BCUT2D eigenvalue weighted by molar-refractivity contribution is 0.325. The van der Waals surface area contributed by atoms with Gasteiger partial charge in [0, 0.05) is 19.1 Å². The molecule has 1 aromatic heterocycles. The van der Waals surface area contributed by atoms with Crippen LogP contribution >= 0.6 is 11.5 Å². The van der Waals surface area contributed by atoms with Crippen molar-refractivity contribution in [2.75, 3.05) is 43.9 Å². The molecule has 1 aromatic rings. The molecule has 1 unspecified atom stereocenters. The fraction of sp³-hybridized carbons (Fsp3) is 0.769. The second kappa shape index (κ2) is 6.43. The minimum absolute atomic E-state index is 0.506. The molecule has 0 saturated carbocycles. The van der Waals surface area contributed by atoms with Gasteiger partial charge in [-0.1, -0.05) is 6.92 Å². The van der Waals surface area contributed by atoms with Crippen LogP contribution in [0.5, 0.6) is 5.75 Å². The SMILES string of the molecule is CCOc1c(N)nsc1N1CCCN(C)CC1CC. The van der Waals surface area contributed by atoms with Crippen molar-refractivity contribution in [3.63, 3.8) is 0 Å². The first-order valence-corrected chi connectivity index (χ1v) is 7.77. The normalized spacial score (nSPS) is 21.4. The van der Waals surface area contributed by atoms with E-state index in [9.17, 15) is 0 Å². The number of nitrogen functional groups attached to an aromatic ring is 1. The van der Waals surface area contributed by atoms with Gasteiger partial charge in [-0.3, -0.25) is 0 Å². The largest absolute Gasteiger partial charge is 0.487 e. The maximum absolute atomic E-state index is 5.92. The molecule has 0 aliphatic carbocycles. The molecule has 6 heteroatoms. The van der Waals surface area contributed by atoms with E-state index in [0.717, 1.165) is 43.2 Å². The summed E-state index contributed by atoms with van der Waals surface area (Å²) in [7, 11) is 2.19. The molecule has 2 rings (SSSR count). The van der Waals surface area contributed by atoms with Crippen LogP contribution in [0, 0.1) is 0 Å². The number of nitrogens with zero attached hydrogens (tertiary/aromatic N) is 3. The van der Waals surface area contributed by atoms with Crippen molar-refractivity contribution in [3.05, 3.63) is 0 Å². The zero-order chi connectivity index (χ0) is 13.8. The third-order valence-corrected chi connectivity index (χ3v) is 4.46. The lowest BCUT2D eigenvalue weighted by Gasteiger charge is -2.31.